The molecule has 1 N–H and O–H groups in total. The molecule has 0 aliphatic heterocycles. The van der Waals surface area contributed by atoms with E-state index in [0.717, 1.165) is 0 Å². The highest BCUT2D eigenvalue weighted by atomic mass is 28.4. The van der Waals surface area contributed by atoms with E-state index in [1.54, 1.807) is 10.8 Å². The maximum atomic E-state index is 4.03. The van der Waals surface area contributed by atoms with Crippen LogP contribution in [-0.2, 0) is 0 Å². The van der Waals surface area contributed by atoms with Gasteiger partial charge in [0.15, 0.2) is 0 Å². The van der Waals surface area contributed by atoms with Crippen molar-refractivity contribution in [1.29, 1.82) is 0 Å². The topological polar surface area (TPSA) is 12.0 Å². The SMILES string of the molecule is CC(C)(C)CC1=C([Si](C)(C)N[Si](C)(C)C)CC=C1. The zero-order chi connectivity index (χ0) is 14.2. The molecule has 0 heterocycles. The van der Waals surface area contributed by atoms with Crippen LogP contribution >= 0.6 is 0 Å². The lowest BCUT2D eigenvalue weighted by Crippen LogP contribution is -2.58. The first-order valence-corrected chi connectivity index (χ1v) is 13.6. The summed E-state index contributed by atoms with van der Waals surface area (Å²) in [4.78, 5) is 0. The molecule has 0 saturated carbocycles. The fourth-order valence-corrected chi connectivity index (χ4v) is 12.7. The van der Waals surface area contributed by atoms with Gasteiger partial charge in [0.05, 0.1) is 0 Å². The van der Waals surface area contributed by atoms with E-state index in [4.69, 9.17) is 0 Å². The van der Waals surface area contributed by atoms with Crippen LogP contribution in [0, 0.1) is 5.41 Å². The van der Waals surface area contributed by atoms with E-state index in [9.17, 15) is 0 Å². The van der Waals surface area contributed by atoms with Crippen LogP contribution < -0.4 is 4.65 Å². The van der Waals surface area contributed by atoms with Gasteiger partial charge in [0.1, 0.15) is 16.5 Å². The van der Waals surface area contributed by atoms with E-state index >= 15 is 0 Å². The maximum Gasteiger partial charge on any atom is 0.141 e. The Morgan fingerprint density at radius 1 is 1.11 bits per heavy atom. The van der Waals surface area contributed by atoms with Crippen molar-refractivity contribution in [3.63, 3.8) is 0 Å². The lowest BCUT2D eigenvalue weighted by atomic mass is 9.88. The largest absolute Gasteiger partial charge is 0.356 e. The highest BCUT2D eigenvalue weighted by Gasteiger charge is 2.34. The van der Waals surface area contributed by atoms with Gasteiger partial charge in [-0.2, -0.15) is 0 Å². The smallest absolute Gasteiger partial charge is 0.141 e. The quantitative estimate of drug-likeness (QED) is 0.727. The third-order valence-corrected chi connectivity index (χ3v) is 10.7. The average molecular weight is 282 g/mol. The van der Waals surface area contributed by atoms with Gasteiger partial charge in [-0.1, -0.05) is 76.4 Å². The van der Waals surface area contributed by atoms with Crippen molar-refractivity contribution < 1.29 is 0 Å². The third-order valence-electron chi connectivity index (χ3n) is 3.19. The van der Waals surface area contributed by atoms with Gasteiger partial charge in [-0.3, -0.25) is 0 Å². The Hall–Kier alpha value is -0.126. The molecule has 0 bridgehead atoms. The summed E-state index contributed by atoms with van der Waals surface area (Å²) in [5.41, 5.74) is 2.00. The number of rotatable bonds is 4. The Morgan fingerprint density at radius 2 is 1.67 bits per heavy atom. The van der Waals surface area contributed by atoms with Gasteiger partial charge in [-0.25, -0.2) is 0 Å². The van der Waals surface area contributed by atoms with E-state index in [1.165, 1.54) is 12.8 Å². The van der Waals surface area contributed by atoms with Gasteiger partial charge >= 0.3 is 0 Å². The van der Waals surface area contributed by atoms with Crippen LogP contribution in [-0.4, -0.2) is 16.5 Å². The summed E-state index contributed by atoms with van der Waals surface area (Å²) in [5, 5.41) is 1.74. The standard InChI is InChI=1S/C15H31NSi2/c1-15(2,3)12-13-10-9-11-14(13)18(7,8)16-17(4,5)6/h9-10,16H,11-12H2,1-8H3. The summed E-state index contributed by atoms with van der Waals surface area (Å²) in [7, 11) is -2.64. The molecule has 0 fully saturated rings. The summed E-state index contributed by atoms with van der Waals surface area (Å²) in [6.45, 7) is 19.2. The molecule has 0 aromatic heterocycles. The normalized spacial score (nSPS) is 17.8. The van der Waals surface area contributed by atoms with E-state index in [1.807, 2.05) is 0 Å². The van der Waals surface area contributed by atoms with Gasteiger partial charge in [0.25, 0.3) is 0 Å². The third kappa shape index (κ3) is 4.86. The summed E-state index contributed by atoms with van der Waals surface area (Å²) < 4.78 is 4.03. The first-order chi connectivity index (χ1) is 7.91. The first kappa shape index (κ1) is 15.9. The van der Waals surface area contributed by atoms with E-state index < -0.39 is 16.5 Å². The van der Waals surface area contributed by atoms with Crippen molar-refractivity contribution in [2.75, 3.05) is 0 Å². The molecule has 0 aromatic rings. The molecule has 1 aliphatic rings. The summed E-state index contributed by atoms with van der Waals surface area (Å²) in [5.74, 6) is 0. The van der Waals surface area contributed by atoms with Crippen LogP contribution in [0.15, 0.2) is 22.9 Å². The minimum Gasteiger partial charge on any atom is -0.356 e. The van der Waals surface area contributed by atoms with Gasteiger partial charge < -0.3 is 4.65 Å². The zero-order valence-electron chi connectivity index (χ0n) is 13.6. The van der Waals surface area contributed by atoms with Crippen LogP contribution in [0.25, 0.3) is 0 Å². The molecule has 104 valence electrons. The maximum absolute atomic E-state index is 4.03. The van der Waals surface area contributed by atoms with Crippen LogP contribution in [0.3, 0.4) is 0 Å². The van der Waals surface area contributed by atoms with E-state index in [-0.39, 0.29) is 0 Å². The summed E-state index contributed by atoms with van der Waals surface area (Å²) >= 11 is 0. The molecule has 1 rings (SSSR count). The number of hydrogen-bond acceptors (Lipinski definition) is 1. The van der Waals surface area contributed by atoms with E-state index in [2.05, 4.69) is 70.3 Å². The molecule has 0 spiro atoms. The number of allylic oxidation sites excluding steroid dienone is 4. The van der Waals surface area contributed by atoms with Crippen molar-refractivity contribution in [3.05, 3.63) is 22.9 Å². The van der Waals surface area contributed by atoms with Crippen molar-refractivity contribution >= 4 is 16.5 Å². The lowest BCUT2D eigenvalue weighted by Gasteiger charge is -2.35. The van der Waals surface area contributed by atoms with Crippen molar-refractivity contribution in [1.82, 2.24) is 4.65 Å². The Morgan fingerprint density at radius 3 is 2.11 bits per heavy atom. The highest BCUT2D eigenvalue weighted by molar-refractivity contribution is 6.94. The molecular formula is C15H31NSi2. The van der Waals surface area contributed by atoms with Gasteiger partial charge in [-0.15, -0.1) is 0 Å². The summed E-state index contributed by atoms with van der Waals surface area (Å²) in [6.07, 6.45) is 7.13. The Balaban J connectivity index is 2.96. The Bertz CT molecular complexity index is 365. The van der Waals surface area contributed by atoms with Crippen molar-refractivity contribution in [2.24, 2.45) is 5.41 Å². The second kappa shape index (κ2) is 5.10. The predicted molar refractivity (Wildman–Crippen MR) is 88.8 cm³/mol. The molecule has 0 unspecified atom stereocenters. The fourth-order valence-electron chi connectivity index (χ4n) is 2.96. The Labute approximate surface area is 116 Å². The predicted octanol–water partition coefficient (Wildman–Crippen LogP) is 4.85. The molecule has 18 heavy (non-hydrogen) atoms. The highest BCUT2D eigenvalue weighted by Crippen LogP contribution is 2.34. The number of hydrogen-bond donors (Lipinski definition) is 1. The summed E-state index contributed by atoms with van der Waals surface area (Å²) in [6, 6.07) is 0. The van der Waals surface area contributed by atoms with Crippen molar-refractivity contribution in [2.45, 2.75) is 66.3 Å². The van der Waals surface area contributed by atoms with Crippen LogP contribution in [0.2, 0.25) is 32.7 Å². The number of nitrogens with one attached hydrogen (secondary N) is 1. The second-order valence-electron chi connectivity index (χ2n) is 8.35. The molecule has 0 aromatic carbocycles. The molecule has 0 atom stereocenters. The van der Waals surface area contributed by atoms with E-state index in [0.29, 0.717) is 5.41 Å². The van der Waals surface area contributed by atoms with Crippen LogP contribution in [0.4, 0.5) is 0 Å². The Kier molecular flexibility index (Phi) is 4.51. The molecule has 3 heteroatoms. The fraction of sp³-hybridized carbons (Fsp3) is 0.733. The second-order valence-corrected chi connectivity index (χ2v) is 17.7. The van der Waals surface area contributed by atoms with Gasteiger partial charge in [0, 0.05) is 0 Å². The molecule has 0 saturated heterocycles. The molecule has 0 radical (unpaired) electrons. The molecule has 1 aliphatic carbocycles. The van der Waals surface area contributed by atoms with Crippen molar-refractivity contribution in [3.8, 4) is 0 Å². The van der Waals surface area contributed by atoms with Crippen LogP contribution in [0.1, 0.15) is 33.6 Å². The van der Waals surface area contributed by atoms with Gasteiger partial charge in [0.2, 0.25) is 0 Å². The average Bonchev–Trinajstić information content (AvgIpc) is 2.44. The molecular weight excluding hydrogens is 250 g/mol. The van der Waals surface area contributed by atoms with Crippen LogP contribution in [0.5, 0.6) is 0 Å². The molecule has 0 amide bonds. The minimum absolute atomic E-state index is 0.388. The lowest BCUT2D eigenvalue weighted by molar-refractivity contribution is 0.413. The first-order valence-electron chi connectivity index (χ1n) is 7.09. The molecule has 1 nitrogen and oxygen atoms in total. The monoisotopic (exact) mass is 281 g/mol. The zero-order valence-corrected chi connectivity index (χ0v) is 15.6. The minimum atomic E-state index is -1.44. The van der Waals surface area contributed by atoms with Gasteiger partial charge in [-0.05, 0) is 18.3 Å².